The number of likely N-dealkylation sites (tertiary alicyclic amines) is 1. The molecule has 0 unspecified atom stereocenters. The molecule has 0 aromatic carbocycles. The molecule has 1 aliphatic heterocycles. The van der Waals surface area contributed by atoms with E-state index in [2.05, 4.69) is 32.3 Å². The van der Waals surface area contributed by atoms with Crippen LogP contribution in [0.3, 0.4) is 0 Å². The van der Waals surface area contributed by atoms with Crippen molar-refractivity contribution in [2.45, 2.75) is 45.1 Å². The summed E-state index contributed by atoms with van der Waals surface area (Å²) in [5.41, 5.74) is 1.05. The van der Waals surface area contributed by atoms with Crippen LogP contribution in [0.2, 0.25) is 0 Å². The minimum atomic E-state index is 0.201. The minimum Gasteiger partial charge on any atom is -0.370 e. The molecule has 4 rings (SSSR count). The Balaban J connectivity index is 1.30. The summed E-state index contributed by atoms with van der Waals surface area (Å²) in [6.45, 7) is 7.28. The number of anilines is 1. The van der Waals surface area contributed by atoms with Crippen molar-refractivity contribution in [3.8, 4) is 0 Å². The number of aromatic nitrogens is 3. The quantitative estimate of drug-likeness (QED) is 0.879. The standard InChI is InChI=1S/C18H25N5O/c1-12-4-3-5-16(20-12)19-10-14-8-9-23(11-14)13(2)18-21-17(22-24-18)15-6-7-15/h3-5,13-15H,6-11H2,1-2H3,(H,19,20)/t13-,14-/m1/s1. The van der Waals surface area contributed by atoms with Crippen LogP contribution in [0.15, 0.2) is 22.7 Å². The van der Waals surface area contributed by atoms with Crippen LogP contribution in [0.25, 0.3) is 0 Å². The van der Waals surface area contributed by atoms with Gasteiger partial charge < -0.3 is 9.84 Å². The minimum absolute atomic E-state index is 0.201. The molecule has 0 radical (unpaired) electrons. The Morgan fingerprint density at radius 3 is 2.96 bits per heavy atom. The molecule has 6 nitrogen and oxygen atoms in total. The average molecular weight is 327 g/mol. The van der Waals surface area contributed by atoms with E-state index in [0.29, 0.717) is 11.8 Å². The highest BCUT2D eigenvalue weighted by Crippen LogP contribution is 2.39. The normalized spacial score (nSPS) is 22.7. The molecule has 0 amide bonds. The molecular weight excluding hydrogens is 302 g/mol. The molecule has 2 fully saturated rings. The second-order valence-corrected chi connectivity index (χ2v) is 7.14. The number of pyridine rings is 1. The Morgan fingerprint density at radius 2 is 2.17 bits per heavy atom. The molecule has 1 saturated heterocycles. The van der Waals surface area contributed by atoms with Gasteiger partial charge in [0.1, 0.15) is 5.82 Å². The van der Waals surface area contributed by atoms with Gasteiger partial charge in [0.15, 0.2) is 5.82 Å². The summed E-state index contributed by atoms with van der Waals surface area (Å²) >= 11 is 0. The molecule has 1 saturated carbocycles. The van der Waals surface area contributed by atoms with E-state index < -0.39 is 0 Å². The molecular formula is C18H25N5O. The maximum atomic E-state index is 5.49. The van der Waals surface area contributed by atoms with Crippen molar-refractivity contribution >= 4 is 5.82 Å². The van der Waals surface area contributed by atoms with E-state index in [0.717, 1.165) is 42.9 Å². The molecule has 2 aromatic heterocycles. The maximum Gasteiger partial charge on any atom is 0.243 e. The van der Waals surface area contributed by atoms with E-state index in [1.165, 1.54) is 19.3 Å². The summed E-state index contributed by atoms with van der Waals surface area (Å²) in [4.78, 5) is 11.5. The van der Waals surface area contributed by atoms with Gasteiger partial charge in [-0.15, -0.1) is 0 Å². The summed E-state index contributed by atoms with van der Waals surface area (Å²) in [6, 6.07) is 6.29. The molecule has 6 heteroatoms. The number of hydrogen-bond donors (Lipinski definition) is 1. The van der Waals surface area contributed by atoms with Crippen LogP contribution in [0.1, 0.15) is 55.6 Å². The molecule has 1 aliphatic carbocycles. The van der Waals surface area contributed by atoms with Crippen LogP contribution in [-0.2, 0) is 0 Å². The summed E-state index contributed by atoms with van der Waals surface area (Å²) in [7, 11) is 0. The number of nitrogens with one attached hydrogen (secondary N) is 1. The second-order valence-electron chi connectivity index (χ2n) is 7.14. The lowest BCUT2D eigenvalue weighted by Gasteiger charge is -2.21. The van der Waals surface area contributed by atoms with Gasteiger partial charge in [-0.25, -0.2) is 4.98 Å². The first-order chi connectivity index (χ1) is 11.7. The van der Waals surface area contributed by atoms with Crippen molar-refractivity contribution in [3.05, 3.63) is 35.6 Å². The van der Waals surface area contributed by atoms with Gasteiger partial charge in [-0.3, -0.25) is 4.90 Å². The Bertz CT molecular complexity index is 696. The van der Waals surface area contributed by atoms with E-state index in [4.69, 9.17) is 4.52 Å². The molecule has 0 bridgehead atoms. The summed E-state index contributed by atoms with van der Waals surface area (Å²) in [5, 5.41) is 7.61. The largest absolute Gasteiger partial charge is 0.370 e. The maximum absolute atomic E-state index is 5.49. The molecule has 0 spiro atoms. The number of nitrogens with zero attached hydrogens (tertiary/aromatic N) is 4. The highest BCUT2D eigenvalue weighted by Gasteiger charge is 2.32. The van der Waals surface area contributed by atoms with Gasteiger partial charge in [0.05, 0.1) is 6.04 Å². The van der Waals surface area contributed by atoms with Gasteiger partial charge in [-0.2, -0.15) is 4.98 Å². The summed E-state index contributed by atoms with van der Waals surface area (Å²) in [6.07, 6.45) is 3.60. The lowest BCUT2D eigenvalue weighted by atomic mass is 10.1. The predicted octanol–water partition coefficient (Wildman–Crippen LogP) is 3.15. The van der Waals surface area contributed by atoms with E-state index >= 15 is 0 Å². The zero-order valence-electron chi connectivity index (χ0n) is 14.4. The third-order valence-electron chi connectivity index (χ3n) is 5.08. The fourth-order valence-electron chi connectivity index (χ4n) is 3.35. The first-order valence-electron chi connectivity index (χ1n) is 8.94. The van der Waals surface area contributed by atoms with Gasteiger partial charge in [0.2, 0.25) is 5.89 Å². The fourth-order valence-corrected chi connectivity index (χ4v) is 3.35. The first-order valence-corrected chi connectivity index (χ1v) is 8.94. The van der Waals surface area contributed by atoms with E-state index in [9.17, 15) is 0 Å². The van der Waals surface area contributed by atoms with Crippen LogP contribution in [0.5, 0.6) is 0 Å². The molecule has 2 aromatic rings. The number of rotatable bonds is 6. The molecule has 2 aliphatic rings. The van der Waals surface area contributed by atoms with Crippen molar-refractivity contribution < 1.29 is 4.52 Å². The monoisotopic (exact) mass is 327 g/mol. The lowest BCUT2D eigenvalue weighted by molar-refractivity contribution is 0.203. The van der Waals surface area contributed by atoms with Gasteiger partial charge in [-0.05, 0) is 57.7 Å². The zero-order chi connectivity index (χ0) is 16.5. The molecule has 2 atom stereocenters. The van der Waals surface area contributed by atoms with Crippen LogP contribution < -0.4 is 5.32 Å². The highest BCUT2D eigenvalue weighted by molar-refractivity contribution is 5.35. The summed E-state index contributed by atoms with van der Waals surface area (Å²) in [5.74, 6) is 3.81. The SMILES string of the molecule is Cc1cccc(NC[C@H]2CCN([C@H](C)c3nc(C4CC4)no3)C2)n1. The molecule has 128 valence electrons. The van der Waals surface area contributed by atoms with E-state index in [1.807, 2.05) is 25.1 Å². The fraction of sp³-hybridized carbons (Fsp3) is 0.611. The van der Waals surface area contributed by atoms with Crippen molar-refractivity contribution in [2.75, 3.05) is 25.0 Å². The Labute approximate surface area is 142 Å². The van der Waals surface area contributed by atoms with Crippen LogP contribution in [-0.4, -0.2) is 39.7 Å². The van der Waals surface area contributed by atoms with Gasteiger partial charge in [0, 0.05) is 24.7 Å². The van der Waals surface area contributed by atoms with Crippen molar-refractivity contribution in [1.82, 2.24) is 20.0 Å². The average Bonchev–Trinajstić information content (AvgIpc) is 3.12. The van der Waals surface area contributed by atoms with Crippen LogP contribution >= 0.6 is 0 Å². The van der Waals surface area contributed by atoms with Gasteiger partial charge in [-0.1, -0.05) is 11.2 Å². The molecule has 3 heterocycles. The van der Waals surface area contributed by atoms with Crippen molar-refractivity contribution in [3.63, 3.8) is 0 Å². The smallest absolute Gasteiger partial charge is 0.243 e. The Kier molecular flexibility index (Phi) is 4.22. The highest BCUT2D eigenvalue weighted by atomic mass is 16.5. The van der Waals surface area contributed by atoms with Crippen molar-refractivity contribution in [1.29, 1.82) is 0 Å². The first kappa shape index (κ1) is 15.6. The Hall–Kier alpha value is -1.95. The predicted molar refractivity (Wildman–Crippen MR) is 91.8 cm³/mol. The second kappa shape index (κ2) is 6.51. The lowest BCUT2D eigenvalue weighted by Crippen LogP contribution is -2.26. The third kappa shape index (κ3) is 3.43. The van der Waals surface area contributed by atoms with Gasteiger partial charge in [0.25, 0.3) is 0 Å². The summed E-state index contributed by atoms with van der Waals surface area (Å²) < 4.78 is 5.49. The van der Waals surface area contributed by atoms with Gasteiger partial charge >= 0.3 is 0 Å². The topological polar surface area (TPSA) is 67.1 Å². The van der Waals surface area contributed by atoms with Crippen LogP contribution in [0, 0.1) is 12.8 Å². The Morgan fingerprint density at radius 1 is 1.29 bits per heavy atom. The van der Waals surface area contributed by atoms with Crippen molar-refractivity contribution in [2.24, 2.45) is 5.92 Å². The zero-order valence-corrected chi connectivity index (χ0v) is 14.4. The van der Waals surface area contributed by atoms with Crippen LogP contribution in [0.4, 0.5) is 5.82 Å². The number of aryl methyl sites for hydroxylation is 1. The van der Waals surface area contributed by atoms with E-state index in [-0.39, 0.29) is 6.04 Å². The molecule has 1 N–H and O–H groups in total. The van der Waals surface area contributed by atoms with E-state index in [1.54, 1.807) is 0 Å². The molecule has 24 heavy (non-hydrogen) atoms. The number of hydrogen-bond acceptors (Lipinski definition) is 6. The third-order valence-corrected chi connectivity index (χ3v) is 5.08.